The van der Waals surface area contributed by atoms with Crippen LogP contribution >= 0.6 is 0 Å². The Morgan fingerprint density at radius 1 is 1.08 bits per heavy atom. The Bertz CT molecular complexity index is 967. The van der Waals surface area contributed by atoms with E-state index >= 15 is 0 Å². The standard InChI is InChI=1S/C18H15N3O5/c1-10-3-4-11(2)15(7-10)19-16(22)9-20-17(23)13-6-5-12(21(25)26)8-14(13)18(20)24/h3-8H,9H2,1-2H3,(H,19,22). The lowest BCUT2D eigenvalue weighted by atomic mass is 10.1. The summed E-state index contributed by atoms with van der Waals surface area (Å²) in [6, 6.07) is 8.99. The van der Waals surface area contributed by atoms with Crippen LogP contribution < -0.4 is 5.32 Å². The number of carbonyl (C=O) groups is 3. The monoisotopic (exact) mass is 353 g/mol. The number of imide groups is 1. The Balaban J connectivity index is 1.79. The summed E-state index contributed by atoms with van der Waals surface area (Å²) in [5.74, 6) is -1.89. The first-order valence-corrected chi connectivity index (χ1v) is 7.79. The summed E-state index contributed by atoms with van der Waals surface area (Å²) in [5.41, 5.74) is 2.11. The fourth-order valence-electron chi connectivity index (χ4n) is 2.74. The molecule has 0 saturated heterocycles. The fraction of sp³-hybridized carbons (Fsp3) is 0.167. The van der Waals surface area contributed by atoms with Crippen LogP contribution in [0.15, 0.2) is 36.4 Å². The molecular weight excluding hydrogens is 338 g/mol. The minimum atomic E-state index is -0.718. The van der Waals surface area contributed by atoms with Crippen molar-refractivity contribution >= 4 is 29.1 Å². The van der Waals surface area contributed by atoms with E-state index in [-0.39, 0.29) is 16.8 Å². The van der Waals surface area contributed by atoms with Gasteiger partial charge in [-0.2, -0.15) is 0 Å². The number of amides is 3. The number of nitrogens with one attached hydrogen (secondary N) is 1. The van der Waals surface area contributed by atoms with Gasteiger partial charge in [0.2, 0.25) is 5.91 Å². The molecule has 0 spiro atoms. The molecule has 1 aliphatic heterocycles. The largest absolute Gasteiger partial charge is 0.324 e. The molecule has 0 bridgehead atoms. The summed E-state index contributed by atoms with van der Waals surface area (Å²) < 4.78 is 0. The number of aryl methyl sites for hydroxylation is 2. The summed E-state index contributed by atoms with van der Waals surface area (Å²) in [5, 5.41) is 13.5. The Labute approximate surface area is 148 Å². The Hall–Kier alpha value is -3.55. The maximum Gasteiger partial charge on any atom is 0.270 e. The summed E-state index contributed by atoms with van der Waals surface area (Å²) in [6.07, 6.45) is 0. The van der Waals surface area contributed by atoms with Crippen molar-refractivity contribution in [2.24, 2.45) is 0 Å². The summed E-state index contributed by atoms with van der Waals surface area (Å²) >= 11 is 0. The van der Waals surface area contributed by atoms with Crippen LogP contribution in [0.1, 0.15) is 31.8 Å². The molecule has 0 aliphatic carbocycles. The molecule has 0 unspecified atom stereocenters. The molecular formula is C18H15N3O5. The predicted octanol–water partition coefficient (Wildman–Crippen LogP) is 2.45. The SMILES string of the molecule is Cc1ccc(C)c(NC(=O)CN2C(=O)c3ccc([N+](=O)[O-])cc3C2=O)c1. The van der Waals surface area contributed by atoms with Gasteiger partial charge in [0.25, 0.3) is 17.5 Å². The number of anilines is 1. The molecule has 0 saturated carbocycles. The number of fused-ring (bicyclic) bond motifs is 1. The third-order valence-electron chi connectivity index (χ3n) is 4.13. The second-order valence-electron chi connectivity index (χ2n) is 6.05. The topological polar surface area (TPSA) is 110 Å². The number of hydrogen-bond donors (Lipinski definition) is 1. The zero-order valence-corrected chi connectivity index (χ0v) is 14.1. The van der Waals surface area contributed by atoms with Gasteiger partial charge in [0.05, 0.1) is 16.1 Å². The van der Waals surface area contributed by atoms with Crippen molar-refractivity contribution in [1.29, 1.82) is 0 Å². The van der Waals surface area contributed by atoms with E-state index in [1.165, 1.54) is 6.07 Å². The molecule has 8 nitrogen and oxygen atoms in total. The number of hydrogen-bond acceptors (Lipinski definition) is 5. The van der Waals surface area contributed by atoms with Crippen LogP contribution in [0, 0.1) is 24.0 Å². The van der Waals surface area contributed by atoms with Crippen molar-refractivity contribution in [1.82, 2.24) is 4.90 Å². The van der Waals surface area contributed by atoms with Gasteiger partial charge in [-0.15, -0.1) is 0 Å². The van der Waals surface area contributed by atoms with Gasteiger partial charge in [-0.25, -0.2) is 0 Å². The van der Waals surface area contributed by atoms with E-state index in [9.17, 15) is 24.5 Å². The zero-order valence-electron chi connectivity index (χ0n) is 14.1. The van der Waals surface area contributed by atoms with E-state index in [1.54, 1.807) is 6.07 Å². The van der Waals surface area contributed by atoms with Crippen LogP contribution in [0.4, 0.5) is 11.4 Å². The van der Waals surface area contributed by atoms with Gasteiger partial charge in [0, 0.05) is 17.8 Å². The maximum atomic E-state index is 12.4. The Morgan fingerprint density at radius 2 is 1.77 bits per heavy atom. The second-order valence-corrected chi connectivity index (χ2v) is 6.05. The number of carbonyl (C=O) groups excluding carboxylic acids is 3. The molecule has 3 amide bonds. The lowest BCUT2D eigenvalue weighted by Crippen LogP contribution is -2.37. The van der Waals surface area contributed by atoms with Gasteiger partial charge in [-0.05, 0) is 37.1 Å². The minimum Gasteiger partial charge on any atom is -0.324 e. The van der Waals surface area contributed by atoms with Crippen LogP contribution in [-0.4, -0.2) is 34.1 Å². The van der Waals surface area contributed by atoms with E-state index in [0.717, 1.165) is 28.2 Å². The van der Waals surface area contributed by atoms with E-state index in [4.69, 9.17) is 0 Å². The number of nitro benzene ring substituents is 1. The van der Waals surface area contributed by atoms with Crippen LogP contribution in [0.3, 0.4) is 0 Å². The zero-order chi connectivity index (χ0) is 19.0. The van der Waals surface area contributed by atoms with Gasteiger partial charge in [0.1, 0.15) is 6.54 Å². The van der Waals surface area contributed by atoms with Crippen LogP contribution in [0.25, 0.3) is 0 Å². The first-order valence-electron chi connectivity index (χ1n) is 7.79. The van der Waals surface area contributed by atoms with Gasteiger partial charge in [-0.3, -0.25) is 29.4 Å². The molecule has 8 heteroatoms. The highest BCUT2D eigenvalue weighted by molar-refractivity contribution is 6.23. The van der Waals surface area contributed by atoms with E-state index < -0.39 is 29.2 Å². The molecule has 0 aromatic heterocycles. The first kappa shape index (κ1) is 17.3. The minimum absolute atomic E-state index is 0.0557. The van der Waals surface area contributed by atoms with Crippen molar-refractivity contribution < 1.29 is 19.3 Å². The molecule has 1 aliphatic rings. The summed E-state index contributed by atoms with van der Waals surface area (Å²) in [4.78, 5) is 48.0. The predicted molar refractivity (Wildman–Crippen MR) is 93.0 cm³/mol. The lowest BCUT2D eigenvalue weighted by Gasteiger charge is -2.15. The van der Waals surface area contributed by atoms with Crippen molar-refractivity contribution in [2.45, 2.75) is 13.8 Å². The maximum absolute atomic E-state index is 12.4. The van der Waals surface area contributed by atoms with Crippen molar-refractivity contribution in [3.63, 3.8) is 0 Å². The van der Waals surface area contributed by atoms with E-state index in [1.807, 2.05) is 26.0 Å². The molecule has 1 N–H and O–H groups in total. The van der Waals surface area contributed by atoms with Crippen LogP contribution in [0.5, 0.6) is 0 Å². The highest BCUT2D eigenvalue weighted by Gasteiger charge is 2.37. The van der Waals surface area contributed by atoms with Gasteiger partial charge in [-0.1, -0.05) is 12.1 Å². The average molecular weight is 353 g/mol. The molecule has 0 radical (unpaired) electrons. The molecule has 2 aromatic rings. The lowest BCUT2D eigenvalue weighted by molar-refractivity contribution is -0.384. The van der Waals surface area contributed by atoms with Gasteiger partial charge < -0.3 is 5.32 Å². The van der Waals surface area contributed by atoms with E-state index in [2.05, 4.69) is 5.32 Å². The van der Waals surface area contributed by atoms with Crippen molar-refractivity contribution in [3.05, 3.63) is 68.8 Å². The number of nitro groups is 1. The van der Waals surface area contributed by atoms with Gasteiger partial charge >= 0.3 is 0 Å². The van der Waals surface area contributed by atoms with Crippen molar-refractivity contribution in [3.8, 4) is 0 Å². The molecule has 1 heterocycles. The molecule has 26 heavy (non-hydrogen) atoms. The average Bonchev–Trinajstić information content (AvgIpc) is 2.82. The highest BCUT2D eigenvalue weighted by Crippen LogP contribution is 2.26. The molecule has 132 valence electrons. The molecule has 3 rings (SSSR count). The third kappa shape index (κ3) is 3.04. The molecule has 0 atom stereocenters. The number of rotatable bonds is 4. The number of nitrogens with zero attached hydrogens (tertiary/aromatic N) is 2. The summed E-state index contributed by atoms with van der Waals surface area (Å²) in [7, 11) is 0. The highest BCUT2D eigenvalue weighted by atomic mass is 16.6. The van der Waals surface area contributed by atoms with Crippen molar-refractivity contribution in [2.75, 3.05) is 11.9 Å². The normalized spacial score (nSPS) is 12.9. The number of non-ortho nitro benzene ring substituents is 1. The molecule has 0 fully saturated rings. The second kappa shape index (κ2) is 6.40. The third-order valence-corrected chi connectivity index (χ3v) is 4.13. The molecule has 2 aromatic carbocycles. The fourth-order valence-corrected chi connectivity index (χ4v) is 2.74. The van der Waals surface area contributed by atoms with Crippen LogP contribution in [0.2, 0.25) is 0 Å². The van der Waals surface area contributed by atoms with E-state index in [0.29, 0.717) is 5.69 Å². The quantitative estimate of drug-likeness (QED) is 0.516. The first-order chi connectivity index (χ1) is 12.3. The van der Waals surface area contributed by atoms with Crippen LogP contribution in [-0.2, 0) is 4.79 Å². The smallest absolute Gasteiger partial charge is 0.270 e. The van der Waals surface area contributed by atoms with Gasteiger partial charge in [0.15, 0.2) is 0 Å². The Kier molecular flexibility index (Phi) is 4.25. The number of benzene rings is 2. The summed E-state index contributed by atoms with van der Waals surface area (Å²) in [6.45, 7) is 3.25. The Morgan fingerprint density at radius 3 is 2.46 bits per heavy atom.